The van der Waals surface area contributed by atoms with Crippen molar-refractivity contribution in [2.24, 2.45) is 11.1 Å². The first-order valence-corrected chi connectivity index (χ1v) is 10.9. The van der Waals surface area contributed by atoms with Crippen LogP contribution in [0.4, 0.5) is 5.69 Å². The van der Waals surface area contributed by atoms with Gasteiger partial charge >= 0.3 is 0 Å². The van der Waals surface area contributed by atoms with E-state index in [0.717, 1.165) is 5.56 Å². The van der Waals surface area contributed by atoms with Crippen molar-refractivity contribution < 1.29 is 18.0 Å². The zero-order valence-electron chi connectivity index (χ0n) is 17.0. The fourth-order valence-electron chi connectivity index (χ4n) is 2.85. The highest BCUT2D eigenvalue weighted by atomic mass is 32.2. The van der Waals surface area contributed by atoms with E-state index in [1.54, 1.807) is 44.2 Å². The molecule has 0 spiro atoms. The molecule has 2 aromatic rings. The number of carbonyl (C=O) groups is 2. The number of hydrogen-bond donors (Lipinski definition) is 3. The molecule has 4 N–H and O–H groups in total. The first kappa shape index (κ1) is 22.6. The molecule has 8 heteroatoms. The van der Waals surface area contributed by atoms with Crippen LogP contribution in [0.25, 0.3) is 0 Å². The number of sulfonamides is 1. The van der Waals surface area contributed by atoms with Crippen molar-refractivity contribution in [3.63, 3.8) is 0 Å². The summed E-state index contributed by atoms with van der Waals surface area (Å²) in [5.74, 6) is -0.902. The normalized spacial score (nSPS) is 13.4. The fourth-order valence-corrected chi connectivity index (χ4v) is 3.47. The predicted molar refractivity (Wildman–Crippen MR) is 113 cm³/mol. The van der Waals surface area contributed by atoms with Crippen LogP contribution >= 0.6 is 0 Å². The van der Waals surface area contributed by atoms with Gasteiger partial charge in [-0.2, -0.15) is 0 Å². The number of amides is 2. The largest absolute Gasteiger partial charge is 0.340 e. The average molecular weight is 418 g/mol. The van der Waals surface area contributed by atoms with E-state index in [4.69, 9.17) is 5.14 Å². The second-order valence-corrected chi connectivity index (χ2v) is 8.71. The number of benzene rings is 2. The van der Waals surface area contributed by atoms with Crippen molar-refractivity contribution in [2.45, 2.75) is 45.1 Å². The zero-order chi connectivity index (χ0) is 21.8. The Bertz CT molecular complexity index is 1000. The van der Waals surface area contributed by atoms with Crippen LogP contribution in [0.3, 0.4) is 0 Å². The van der Waals surface area contributed by atoms with Gasteiger partial charge < -0.3 is 10.6 Å². The molecular formula is C21H27N3O4S. The van der Waals surface area contributed by atoms with E-state index < -0.39 is 22.0 Å². The van der Waals surface area contributed by atoms with Gasteiger partial charge in [0.15, 0.2) is 0 Å². The zero-order valence-corrected chi connectivity index (χ0v) is 17.8. The minimum atomic E-state index is -3.92. The summed E-state index contributed by atoms with van der Waals surface area (Å²) in [6.07, 6.45) is 0.669. The lowest BCUT2D eigenvalue weighted by Crippen LogP contribution is -2.47. The lowest BCUT2D eigenvalue weighted by Gasteiger charge is -2.24. The Morgan fingerprint density at radius 2 is 1.72 bits per heavy atom. The summed E-state index contributed by atoms with van der Waals surface area (Å²) in [6, 6.07) is 10.7. The van der Waals surface area contributed by atoms with Crippen LogP contribution < -0.4 is 15.8 Å². The van der Waals surface area contributed by atoms with Crippen LogP contribution in [-0.4, -0.2) is 26.3 Å². The molecule has 0 aromatic heterocycles. The van der Waals surface area contributed by atoms with E-state index in [2.05, 4.69) is 10.6 Å². The quantitative estimate of drug-likeness (QED) is 0.642. The van der Waals surface area contributed by atoms with Gasteiger partial charge in [-0.15, -0.1) is 0 Å². The van der Waals surface area contributed by atoms with Crippen molar-refractivity contribution in [1.29, 1.82) is 0 Å². The molecule has 0 radical (unpaired) electrons. The number of nitrogens with one attached hydrogen (secondary N) is 2. The molecule has 29 heavy (non-hydrogen) atoms. The number of nitrogens with two attached hydrogens (primary N) is 1. The van der Waals surface area contributed by atoms with Gasteiger partial charge in [0.1, 0.15) is 6.04 Å². The molecule has 0 aliphatic carbocycles. The Labute approximate surface area is 171 Å². The molecule has 0 aliphatic rings. The van der Waals surface area contributed by atoms with E-state index >= 15 is 0 Å². The summed E-state index contributed by atoms with van der Waals surface area (Å²) >= 11 is 0. The van der Waals surface area contributed by atoms with Crippen LogP contribution in [0.15, 0.2) is 47.4 Å². The summed E-state index contributed by atoms with van der Waals surface area (Å²) < 4.78 is 23.5. The number of anilines is 1. The molecule has 2 aromatic carbocycles. The number of hydrogen-bond acceptors (Lipinski definition) is 4. The van der Waals surface area contributed by atoms with Gasteiger partial charge in [0, 0.05) is 11.3 Å². The van der Waals surface area contributed by atoms with Gasteiger partial charge in [-0.1, -0.05) is 38.5 Å². The maximum atomic E-state index is 13.0. The molecule has 0 bridgehead atoms. The lowest BCUT2D eigenvalue weighted by molar-refractivity contribution is -0.119. The smallest absolute Gasteiger partial charge is 0.251 e. The first-order valence-electron chi connectivity index (χ1n) is 9.35. The van der Waals surface area contributed by atoms with Gasteiger partial charge in [0.05, 0.1) is 4.90 Å². The molecule has 0 saturated carbocycles. The third kappa shape index (κ3) is 5.65. The Balaban J connectivity index is 2.31. The van der Waals surface area contributed by atoms with Gasteiger partial charge in [-0.3, -0.25) is 9.59 Å². The molecule has 0 heterocycles. The van der Waals surface area contributed by atoms with E-state index in [0.29, 0.717) is 23.2 Å². The number of primary sulfonamides is 1. The van der Waals surface area contributed by atoms with E-state index in [-0.39, 0.29) is 16.7 Å². The molecule has 0 saturated heterocycles. The number of rotatable bonds is 7. The van der Waals surface area contributed by atoms with Crippen LogP contribution in [0.1, 0.15) is 41.8 Å². The Kier molecular flexibility index (Phi) is 7.16. The molecule has 2 rings (SSSR count). The Morgan fingerprint density at radius 3 is 2.28 bits per heavy atom. The van der Waals surface area contributed by atoms with E-state index in [9.17, 15) is 18.0 Å². The summed E-state index contributed by atoms with van der Waals surface area (Å²) in [4.78, 5) is 25.5. The highest BCUT2D eigenvalue weighted by Gasteiger charge is 2.27. The average Bonchev–Trinajstić information content (AvgIpc) is 2.68. The van der Waals surface area contributed by atoms with Crippen LogP contribution in [0.2, 0.25) is 0 Å². The molecule has 2 amide bonds. The maximum Gasteiger partial charge on any atom is 0.251 e. The SMILES string of the molecule is CC[C@H](C)[C@H](NC(=O)c1ccccc1)C(=O)Nc1cc(S(N)(=O)=O)cc(C)c1C. The third-order valence-electron chi connectivity index (χ3n) is 5.05. The minimum Gasteiger partial charge on any atom is -0.340 e. The van der Waals surface area contributed by atoms with E-state index in [1.165, 1.54) is 12.1 Å². The molecule has 0 aliphatic heterocycles. The Morgan fingerprint density at radius 1 is 1.10 bits per heavy atom. The lowest BCUT2D eigenvalue weighted by atomic mass is 9.97. The minimum absolute atomic E-state index is 0.0793. The standard InChI is InChI=1S/C21H27N3O4S/c1-5-13(2)19(24-20(25)16-9-7-6-8-10-16)21(26)23-18-12-17(29(22,27)28)11-14(3)15(18)4/h6-13,19H,5H2,1-4H3,(H,23,26)(H,24,25)(H2,22,27,28)/t13-,19-/m0/s1. The van der Waals surface area contributed by atoms with Crippen molar-refractivity contribution in [1.82, 2.24) is 5.32 Å². The fraction of sp³-hybridized carbons (Fsp3) is 0.333. The maximum absolute atomic E-state index is 13.0. The van der Waals surface area contributed by atoms with Crippen LogP contribution in [0.5, 0.6) is 0 Å². The molecule has 156 valence electrons. The first-order chi connectivity index (χ1) is 13.5. The molecule has 0 unspecified atom stereocenters. The van der Waals surface area contributed by atoms with Gasteiger partial charge in [0.25, 0.3) is 5.91 Å². The van der Waals surface area contributed by atoms with Crippen LogP contribution in [-0.2, 0) is 14.8 Å². The van der Waals surface area contributed by atoms with Crippen molar-refractivity contribution >= 4 is 27.5 Å². The van der Waals surface area contributed by atoms with Crippen molar-refractivity contribution in [2.75, 3.05) is 5.32 Å². The molecule has 0 fully saturated rings. The van der Waals surface area contributed by atoms with E-state index in [1.807, 2.05) is 13.8 Å². The highest BCUT2D eigenvalue weighted by molar-refractivity contribution is 7.89. The topological polar surface area (TPSA) is 118 Å². The van der Waals surface area contributed by atoms with Crippen LogP contribution in [0, 0.1) is 19.8 Å². The Hall–Kier alpha value is -2.71. The second-order valence-electron chi connectivity index (χ2n) is 7.15. The monoisotopic (exact) mass is 417 g/mol. The summed E-state index contributed by atoms with van der Waals surface area (Å²) in [5, 5.41) is 10.8. The summed E-state index contributed by atoms with van der Waals surface area (Å²) in [6.45, 7) is 7.31. The van der Waals surface area contributed by atoms with Gasteiger partial charge in [-0.25, -0.2) is 13.6 Å². The molecule has 7 nitrogen and oxygen atoms in total. The second kappa shape index (κ2) is 9.19. The van der Waals surface area contributed by atoms with Gasteiger partial charge in [0.2, 0.25) is 15.9 Å². The van der Waals surface area contributed by atoms with Crippen molar-refractivity contribution in [3.8, 4) is 0 Å². The number of aryl methyl sites for hydroxylation is 1. The van der Waals surface area contributed by atoms with Gasteiger partial charge in [-0.05, 0) is 55.2 Å². The molecule has 2 atom stereocenters. The number of carbonyl (C=O) groups excluding carboxylic acids is 2. The predicted octanol–water partition coefficient (Wildman–Crippen LogP) is 2.73. The highest BCUT2D eigenvalue weighted by Crippen LogP contribution is 2.24. The summed E-state index contributed by atoms with van der Waals surface area (Å²) in [5.41, 5.74) is 2.21. The molecular weight excluding hydrogens is 390 g/mol. The third-order valence-corrected chi connectivity index (χ3v) is 5.94. The van der Waals surface area contributed by atoms with Crippen molar-refractivity contribution in [3.05, 3.63) is 59.2 Å². The summed E-state index contributed by atoms with van der Waals surface area (Å²) in [7, 11) is -3.92.